The van der Waals surface area contributed by atoms with Crippen molar-refractivity contribution >= 4 is 11.9 Å². The average molecular weight is 279 g/mol. The van der Waals surface area contributed by atoms with Gasteiger partial charge in [0, 0.05) is 5.57 Å². The number of rotatable bonds is 5. The predicted octanol–water partition coefficient (Wildman–Crippen LogP) is -2.53. The smallest absolute Gasteiger partial charge is 0.333 e. The number of hydrogen-bond donors (Lipinski definition) is 1. The largest absolute Gasteiger partial charge is 1.00 e. The van der Waals surface area contributed by atoms with Crippen molar-refractivity contribution in [2.24, 2.45) is 5.73 Å². The summed E-state index contributed by atoms with van der Waals surface area (Å²) in [5.41, 5.74) is 4.99. The van der Waals surface area contributed by atoms with E-state index >= 15 is 0 Å². The molecule has 0 radical (unpaired) electrons. The normalized spacial score (nSPS) is 9.11. The molecule has 0 aliphatic heterocycles. The number of nitrogens with zero attached hydrogens (tertiary/aromatic N) is 1. The van der Waals surface area contributed by atoms with Gasteiger partial charge in [-0.2, -0.15) is 0 Å². The Balaban J connectivity index is -0.000000321. The topological polar surface area (TPSA) is 69.4 Å². The molecule has 106 valence electrons. The molecule has 0 fully saturated rings. The molecule has 0 aliphatic carbocycles. The number of carbonyl (C=O) groups excluding carboxylic acids is 2. The van der Waals surface area contributed by atoms with Crippen LogP contribution >= 0.6 is 0 Å². The lowest BCUT2D eigenvalue weighted by atomic mass is 10.4. The van der Waals surface area contributed by atoms with Crippen LogP contribution in [0.25, 0.3) is 0 Å². The van der Waals surface area contributed by atoms with Crippen molar-refractivity contribution in [2.75, 3.05) is 34.3 Å². The SMILES string of the molecule is C=C(C)C(=O)OCC[N+](C)(C)C.C=CC(N)=O.[Cl-]. The molecule has 6 heteroatoms. The van der Waals surface area contributed by atoms with Gasteiger partial charge in [-0.25, -0.2) is 4.79 Å². The van der Waals surface area contributed by atoms with Gasteiger partial charge in [-0.15, -0.1) is 0 Å². The van der Waals surface area contributed by atoms with Gasteiger partial charge in [0.15, 0.2) is 0 Å². The summed E-state index contributed by atoms with van der Waals surface area (Å²) in [4.78, 5) is 20.4. The van der Waals surface area contributed by atoms with E-state index in [2.05, 4.69) is 40.0 Å². The summed E-state index contributed by atoms with van der Waals surface area (Å²) < 4.78 is 5.72. The molecule has 0 aromatic heterocycles. The van der Waals surface area contributed by atoms with E-state index in [0.717, 1.165) is 17.1 Å². The molecule has 0 saturated carbocycles. The van der Waals surface area contributed by atoms with Crippen LogP contribution in [0.2, 0.25) is 0 Å². The first-order valence-electron chi connectivity index (χ1n) is 5.15. The van der Waals surface area contributed by atoms with E-state index < -0.39 is 5.91 Å². The van der Waals surface area contributed by atoms with Crippen molar-refractivity contribution in [2.45, 2.75) is 6.92 Å². The van der Waals surface area contributed by atoms with Crippen LogP contribution in [0, 0.1) is 0 Å². The number of nitrogens with two attached hydrogens (primary N) is 1. The molecule has 0 aromatic carbocycles. The van der Waals surface area contributed by atoms with Gasteiger partial charge < -0.3 is 27.4 Å². The third kappa shape index (κ3) is 20.1. The standard InChI is InChI=1S/C9H18NO2.C3H5NO.ClH/c1-8(2)9(11)12-7-6-10(3,4)5;1-2-3(4)5;/h1,6-7H2,2-5H3;2H,1H2,(H2,4,5);1H/q+1;;/p-1. The second-order valence-electron chi connectivity index (χ2n) is 4.54. The fourth-order valence-corrected chi connectivity index (χ4v) is 0.535. The molecule has 0 aromatic rings. The molecule has 0 saturated heterocycles. The second-order valence-corrected chi connectivity index (χ2v) is 4.54. The molecule has 0 rings (SSSR count). The molecule has 18 heavy (non-hydrogen) atoms. The van der Waals surface area contributed by atoms with Gasteiger partial charge in [0.05, 0.1) is 21.1 Å². The molecular formula is C12H23ClN2O3. The van der Waals surface area contributed by atoms with Gasteiger partial charge in [-0.3, -0.25) is 4.79 Å². The molecule has 0 unspecified atom stereocenters. The highest BCUT2D eigenvalue weighted by Gasteiger charge is 2.09. The number of ether oxygens (including phenoxy) is 1. The summed E-state index contributed by atoms with van der Waals surface area (Å²) in [7, 11) is 6.15. The number of quaternary nitrogens is 1. The lowest BCUT2D eigenvalue weighted by molar-refractivity contribution is -0.870. The first kappa shape index (κ1) is 21.9. The zero-order valence-electron chi connectivity index (χ0n) is 11.5. The fourth-order valence-electron chi connectivity index (χ4n) is 0.535. The third-order valence-electron chi connectivity index (χ3n) is 1.54. The number of hydrogen-bond acceptors (Lipinski definition) is 3. The van der Waals surface area contributed by atoms with E-state index in [0.29, 0.717) is 12.2 Å². The van der Waals surface area contributed by atoms with Gasteiger partial charge in [0.25, 0.3) is 0 Å². The van der Waals surface area contributed by atoms with E-state index in [1.54, 1.807) is 6.92 Å². The summed E-state index contributed by atoms with van der Waals surface area (Å²) in [6.45, 7) is 9.50. The Morgan fingerprint density at radius 1 is 1.33 bits per heavy atom. The number of carbonyl (C=O) groups is 2. The first-order chi connectivity index (χ1) is 7.60. The van der Waals surface area contributed by atoms with Crippen molar-refractivity contribution in [3.63, 3.8) is 0 Å². The number of likely N-dealkylation sites (N-methyl/N-ethyl adjacent to an activating group) is 1. The number of primary amides is 1. The maximum atomic E-state index is 10.9. The number of amides is 1. The highest BCUT2D eigenvalue weighted by Crippen LogP contribution is 1.94. The molecular weight excluding hydrogens is 256 g/mol. The van der Waals surface area contributed by atoms with E-state index in [4.69, 9.17) is 4.74 Å². The summed E-state index contributed by atoms with van der Waals surface area (Å²) >= 11 is 0. The minimum atomic E-state index is -0.481. The maximum absolute atomic E-state index is 10.9. The van der Waals surface area contributed by atoms with Crippen LogP contribution in [0.5, 0.6) is 0 Å². The molecule has 0 atom stereocenters. The Morgan fingerprint density at radius 2 is 1.72 bits per heavy atom. The van der Waals surface area contributed by atoms with Crippen LogP contribution in [-0.4, -0.2) is 50.7 Å². The first-order valence-corrected chi connectivity index (χ1v) is 5.15. The average Bonchev–Trinajstić information content (AvgIpc) is 2.16. The molecule has 2 N–H and O–H groups in total. The van der Waals surface area contributed by atoms with Crippen LogP contribution in [0.3, 0.4) is 0 Å². The zero-order chi connectivity index (χ0) is 14.1. The third-order valence-corrected chi connectivity index (χ3v) is 1.54. The monoisotopic (exact) mass is 278 g/mol. The van der Waals surface area contributed by atoms with Crippen LogP contribution in [0.15, 0.2) is 24.8 Å². The minimum absolute atomic E-state index is 0. The molecule has 0 aliphatic rings. The van der Waals surface area contributed by atoms with Crippen molar-refractivity contribution < 1.29 is 31.2 Å². The van der Waals surface area contributed by atoms with E-state index in [1.165, 1.54) is 0 Å². The van der Waals surface area contributed by atoms with Crippen LogP contribution < -0.4 is 18.1 Å². The molecule has 0 spiro atoms. The lowest BCUT2D eigenvalue weighted by Crippen LogP contribution is -3.00. The van der Waals surface area contributed by atoms with Crippen molar-refractivity contribution in [3.8, 4) is 0 Å². The van der Waals surface area contributed by atoms with E-state index in [-0.39, 0.29) is 18.4 Å². The molecule has 1 amide bonds. The van der Waals surface area contributed by atoms with Gasteiger partial charge in [0.1, 0.15) is 13.2 Å². The van der Waals surface area contributed by atoms with Crippen molar-refractivity contribution in [1.82, 2.24) is 0 Å². The van der Waals surface area contributed by atoms with Crippen molar-refractivity contribution in [3.05, 3.63) is 24.8 Å². The predicted molar refractivity (Wildman–Crippen MR) is 68.1 cm³/mol. The highest BCUT2D eigenvalue weighted by molar-refractivity contribution is 5.86. The molecule has 5 nitrogen and oxygen atoms in total. The quantitative estimate of drug-likeness (QED) is 0.343. The van der Waals surface area contributed by atoms with Crippen LogP contribution in [0.1, 0.15) is 6.92 Å². The number of halogens is 1. The van der Waals surface area contributed by atoms with Gasteiger partial charge >= 0.3 is 5.97 Å². The van der Waals surface area contributed by atoms with E-state index in [1.807, 2.05) is 0 Å². The highest BCUT2D eigenvalue weighted by atomic mass is 35.5. The van der Waals surface area contributed by atoms with Crippen molar-refractivity contribution in [1.29, 1.82) is 0 Å². The molecule has 0 heterocycles. The van der Waals surface area contributed by atoms with Gasteiger partial charge in [-0.1, -0.05) is 13.2 Å². The van der Waals surface area contributed by atoms with Gasteiger partial charge in [0.2, 0.25) is 5.91 Å². The van der Waals surface area contributed by atoms with Crippen LogP contribution in [0.4, 0.5) is 0 Å². The maximum Gasteiger partial charge on any atom is 0.333 e. The minimum Gasteiger partial charge on any atom is -1.00 e. The summed E-state index contributed by atoms with van der Waals surface area (Å²) in [6.07, 6.45) is 1.06. The van der Waals surface area contributed by atoms with Crippen LogP contribution in [-0.2, 0) is 14.3 Å². The lowest BCUT2D eigenvalue weighted by Gasteiger charge is -2.23. The second kappa shape index (κ2) is 10.8. The molecule has 0 bridgehead atoms. The summed E-state index contributed by atoms with van der Waals surface area (Å²) in [5, 5.41) is 0. The summed E-state index contributed by atoms with van der Waals surface area (Å²) in [6, 6.07) is 0. The summed E-state index contributed by atoms with van der Waals surface area (Å²) in [5.74, 6) is -0.784. The Kier molecular flexibility index (Phi) is 13.1. The fraction of sp³-hybridized carbons (Fsp3) is 0.500. The Labute approximate surface area is 115 Å². The van der Waals surface area contributed by atoms with E-state index in [9.17, 15) is 9.59 Å². The Morgan fingerprint density at radius 3 is 1.94 bits per heavy atom. The Bertz CT molecular complexity index is 296. The Hall–Kier alpha value is -1.33. The van der Waals surface area contributed by atoms with Gasteiger partial charge in [-0.05, 0) is 13.0 Å². The zero-order valence-corrected chi connectivity index (χ0v) is 12.3. The number of esters is 1.